The van der Waals surface area contributed by atoms with E-state index < -0.39 is 0 Å². The Kier molecular flexibility index (Phi) is 3.33. The molecule has 2 aromatic carbocycles. The average Bonchev–Trinajstić information content (AvgIpc) is 2.30. The van der Waals surface area contributed by atoms with Crippen molar-refractivity contribution in [3.05, 3.63) is 48.0 Å². The van der Waals surface area contributed by atoms with Gasteiger partial charge in [-0.1, -0.05) is 42.5 Å². The zero-order valence-electron chi connectivity index (χ0n) is 8.75. The van der Waals surface area contributed by atoms with Gasteiger partial charge in [0.05, 0.1) is 6.67 Å². The first kappa shape index (κ1) is 10.2. The van der Waals surface area contributed by atoms with Crippen LogP contribution in [0.5, 0.6) is 0 Å². The molecule has 0 heterocycles. The maximum atomic E-state index is 12.0. The summed E-state index contributed by atoms with van der Waals surface area (Å²) < 4.78 is 12.0. The third kappa shape index (κ3) is 2.35. The fraction of sp³-hybridized carbons (Fsp3) is 0.286. The summed E-state index contributed by atoms with van der Waals surface area (Å²) in [6, 6.07) is 14.7. The van der Waals surface area contributed by atoms with Crippen LogP contribution in [0.25, 0.3) is 10.8 Å². The van der Waals surface area contributed by atoms with Crippen LogP contribution in [0.2, 0.25) is 0 Å². The van der Waals surface area contributed by atoms with Gasteiger partial charge in [0.1, 0.15) is 0 Å². The largest absolute Gasteiger partial charge is 0.251 e. The summed E-state index contributed by atoms with van der Waals surface area (Å²) in [5.41, 5.74) is 1.33. The van der Waals surface area contributed by atoms with Crippen molar-refractivity contribution in [2.24, 2.45) is 0 Å². The Bertz CT molecular complexity index is 429. The fourth-order valence-electron chi connectivity index (χ4n) is 1.92. The lowest BCUT2D eigenvalue weighted by Crippen LogP contribution is -1.88. The second-order valence-corrected chi connectivity index (χ2v) is 3.78. The molecule has 0 spiro atoms. The van der Waals surface area contributed by atoms with Crippen LogP contribution >= 0.6 is 0 Å². The van der Waals surface area contributed by atoms with Crippen LogP contribution in [0.3, 0.4) is 0 Å². The molecular formula is C14H15F. The van der Waals surface area contributed by atoms with Crippen molar-refractivity contribution in [3.63, 3.8) is 0 Å². The van der Waals surface area contributed by atoms with Crippen LogP contribution in [0, 0.1) is 0 Å². The molecule has 0 saturated heterocycles. The maximum Gasteiger partial charge on any atom is 0.0894 e. The quantitative estimate of drug-likeness (QED) is 0.654. The average molecular weight is 202 g/mol. The molecule has 0 aliphatic heterocycles. The van der Waals surface area contributed by atoms with Crippen molar-refractivity contribution in [1.82, 2.24) is 0 Å². The Hall–Kier alpha value is -1.37. The van der Waals surface area contributed by atoms with Crippen LogP contribution in [0.15, 0.2) is 42.5 Å². The number of benzene rings is 2. The predicted molar refractivity (Wildman–Crippen MR) is 62.9 cm³/mol. The molecule has 0 aromatic heterocycles. The van der Waals surface area contributed by atoms with Gasteiger partial charge < -0.3 is 0 Å². The third-order valence-corrected chi connectivity index (χ3v) is 2.71. The van der Waals surface area contributed by atoms with Gasteiger partial charge in [-0.25, -0.2) is 0 Å². The SMILES string of the molecule is FCCCCc1cccc2ccccc12. The van der Waals surface area contributed by atoms with Crippen LogP contribution in [0.4, 0.5) is 4.39 Å². The van der Waals surface area contributed by atoms with E-state index in [1.807, 2.05) is 6.07 Å². The lowest BCUT2D eigenvalue weighted by molar-refractivity contribution is 0.462. The fourth-order valence-corrected chi connectivity index (χ4v) is 1.92. The lowest BCUT2D eigenvalue weighted by atomic mass is 10.0. The molecule has 0 bridgehead atoms. The van der Waals surface area contributed by atoms with Gasteiger partial charge >= 0.3 is 0 Å². The highest BCUT2D eigenvalue weighted by Crippen LogP contribution is 2.19. The summed E-state index contributed by atoms with van der Waals surface area (Å²) in [6.45, 7) is -0.204. The Balaban J connectivity index is 2.26. The molecule has 15 heavy (non-hydrogen) atoms. The van der Waals surface area contributed by atoms with Crippen molar-refractivity contribution in [2.45, 2.75) is 19.3 Å². The summed E-state index contributed by atoms with van der Waals surface area (Å²) in [7, 11) is 0. The molecule has 2 aromatic rings. The second kappa shape index (κ2) is 4.92. The van der Waals surface area contributed by atoms with Gasteiger partial charge in [-0.3, -0.25) is 4.39 Å². The zero-order valence-corrected chi connectivity index (χ0v) is 8.75. The number of aryl methyl sites for hydroxylation is 1. The van der Waals surface area contributed by atoms with E-state index in [9.17, 15) is 4.39 Å². The van der Waals surface area contributed by atoms with E-state index >= 15 is 0 Å². The number of rotatable bonds is 4. The first-order valence-corrected chi connectivity index (χ1v) is 5.44. The molecule has 0 N–H and O–H groups in total. The van der Waals surface area contributed by atoms with E-state index in [1.165, 1.54) is 16.3 Å². The van der Waals surface area contributed by atoms with E-state index in [0.29, 0.717) is 6.42 Å². The minimum atomic E-state index is -0.204. The predicted octanol–water partition coefficient (Wildman–Crippen LogP) is 4.13. The summed E-state index contributed by atoms with van der Waals surface area (Å²) in [5, 5.41) is 2.58. The molecule has 0 atom stereocenters. The minimum absolute atomic E-state index is 0.204. The smallest absolute Gasteiger partial charge is 0.0894 e. The van der Waals surface area contributed by atoms with Gasteiger partial charge in [0.25, 0.3) is 0 Å². The summed E-state index contributed by atoms with van der Waals surface area (Å²) in [4.78, 5) is 0. The molecule has 0 saturated carbocycles. The first-order valence-electron chi connectivity index (χ1n) is 5.44. The zero-order chi connectivity index (χ0) is 10.5. The van der Waals surface area contributed by atoms with Crippen LogP contribution in [0.1, 0.15) is 18.4 Å². The third-order valence-electron chi connectivity index (χ3n) is 2.71. The van der Waals surface area contributed by atoms with Crippen molar-refractivity contribution < 1.29 is 4.39 Å². The Morgan fingerprint density at radius 3 is 2.53 bits per heavy atom. The Morgan fingerprint density at radius 2 is 1.67 bits per heavy atom. The number of fused-ring (bicyclic) bond motifs is 1. The van der Waals surface area contributed by atoms with Crippen molar-refractivity contribution in [2.75, 3.05) is 6.67 Å². The van der Waals surface area contributed by atoms with Crippen LogP contribution in [-0.2, 0) is 6.42 Å². The first-order chi connectivity index (χ1) is 7.42. The van der Waals surface area contributed by atoms with E-state index in [0.717, 1.165) is 12.8 Å². The van der Waals surface area contributed by atoms with E-state index in [-0.39, 0.29) is 6.67 Å². The van der Waals surface area contributed by atoms with E-state index in [1.54, 1.807) is 0 Å². The number of unbranched alkanes of at least 4 members (excludes halogenated alkanes) is 1. The van der Waals surface area contributed by atoms with Crippen LogP contribution < -0.4 is 0 Å². The highest BCUT2D eigenvalue weighted by molar-refractivity contribution is 5.85. The Morgan fingerprint density at radius 1 is 0.867 bits per heavy atom. The molecule has 0 fully saturated rings. The van der Waals surface area contributed by atoms with Crippen molar-refractivity contribution in [1.29, 1.82) is 0 Å². The topological polar surface area (TPSA) is 0 Å². The van der Waals surface area contributed by atoms with Crippen molar-refractivity contribution in [3.8, 4) is 0 Å². The number of hydrogen-bond acceptors (Lipinski definition) is 0. The van der Waals surface area contributed by atoms with Gasteiger partial charge in [0, 0.05) is 0 Å². The molecule has 78 valence electrons. The minimum Gasteiger partial charge on any atom is -0.251 e. The molecule has 2 rings (SSSR count). The van der Waals surface area contributed by atoms with Gasteiger partial charge in [-0.05, 0) is 35.6 Å². The number of alkyl halides is 1. The molecule has 0 aliphatic carbocycles. The molecular weight excluding hydrogens is 187 g/mol. The maximum absolute atomic E-state index is 12.0. The molecule has 0 nitrogen and oxygen atoms in total. The van der Waals surface area contributed by atoms with E-state index in [4.69, 9.17) is 0 Å². The summed E-state index contributed by atoms with van der Waals surface area (Å²) >= 11 is 0. The number of halogens is 1. The van der Waals surface area contributed by atoms with Crippen molar-refractivity contribution >= 4 is 10.8 Å². The molecule has 0 unspecified atom stereocenters. The van der Waals surface area contributed by atoms with Gasteiger partial charge in [0.2, 0.25) is 0 Å². The normalized spacial score (nSPS) is 10.7. The highest BCUT2D eigenvalue weighted by atomic mass is 19.1. The van der Waals surface area contributed by atoms with Crippen LogP contribution in [-0.4, -0.2) is 6.67 Å². The van der Waals surface area contributed by atoms with Gasteiger partial charge in [-0.2, -0.15) is 0 Å². The monoisotopic (exact) mass is 202 g/mol. The standard InChI is InChI=1S/C14H15F/c15-11-4-3-7-13-9-5-8-12-6-1-2-10-14(12)13/h1-2,5-6,8-10H,3-4,7,11H2. The lowest BCUT2D eigenvalue weighted by Gasteiger charge is -2.05. The number of hydrogen-bond donors (Lipinski definition) is 0. The Labute approximate surface area is 89.7 Å². The van der Waals surface area contributed by atoms with E-state index in [2.05, 4.69) is 36.4 Å². The highest BCUT2D eigenvalue weighted by Gasteiger charge is 1.99. The van der Waals surface area contributed by atoms with Gasteiger partial charge in [-0.15, -0.1) is 0 Å². The molecule has 0 amide bonds. The van der Waals surface area contributed by atoms with Gasteiger partial charge in [0.15, 0.2) is 0 Å². The molecule has 1 heteroatoms. The summed E-state index contributed by atoms with van der Waals surface area (Å²) in [5.74, 6) is 0. The second-order valence-electron chi connectivity index (χ2n) is 3.78. The molecule has 0 aliphatic rings. The molecule has 0 radical (unpaired) electrons. The summed E-state index contributed by atoms with van der Waals surface area (Å²) in [6.07, 6.45) is 2.58.